The first-order valence-electron chi connectivity index (χ1n) is 12.3. The van der Waals surface area contributed by atoms with Crippen LogP contribution in [0.15, 0.2) is 91.0 Å². The number of carboxylic acids is 1. The Morgan fingerprint density at radius 2 is 1.70 bits per heavy atom. The summed E-state index contributed by atoms with van der Waals surface area (Å²) < 4.78 is 6.20. The predicted octanol–water partition coefficient (Wildman–Crippen LogP) is 6.68. The summed E-state index contributed by atoms with van der Waals surface area (Å²) in [4.78, 5) is 11.1. The van der Waals surface area contributed by atoms with E-state index in [4.69, 9.17) is 21.4 Å². The maximum Gasteiger partial charge on any atom is 0.335 e. The van der Waals surface area contributed by atoms with Gasteiger partial charge in [-0.2, -0.15) is 0 Å². The van der Waals surface area contributed by atoms with Crippen molar-refractivity contribution in [3.63, 3.8) is 0 Å². The van der Waals surface area contributed by atoms with E-state index in [0.717, 1.165) is 47.5 Å². The quantitative estimate of drug-likeness (QED) is 0.245. The Balaban J connectivity index is 1.23. The molecule has 4 aromatic carbocycles. The highest BCUT2D eigenvalue weighted by molar-refractivity contribution is 6.30. The van der Waals surface area contributed by atoms with Gasteiger partial charge < -0.3 is 20.3 Å². The zero-order valence-corrected chi connectivity index (χ0v) is 21.0. The standard InChI is InChI=1S/C31H28ClNO4/c32-26-5-1-4-24(15-26)30(34)19-33-27-13-11-21-12-14-29(18-25(21)16-27)37-28-6-2-3-23(17-28)20-7-9-22(10-8-20)31(35)36/h1-10,12,14-15,17-18,27,30,33-34H,11,13,16,19H2,(H,35,36)/t27-,30-/m0/s1. The van der Waals surface area contributed by atoms with Crippen LogP contribution in [-0.2, 0) is 12.8 Å². The molecule has 5 nitrogen and oxygen atoms in total. The lowest BCUT2D eigenvalue weighted by Gasteiger charge is -2.27. The molecule has 0 amide bonds. The number of benzene rings is 4. The molecule has 37 heavy (non-hydrogen) atoms. The van der Waals surface area contributed by atoms with Gasteiger partial charge in [-0.3, -0.25) is 0 Å². The van der Waals surface area contributed by atoms with Crippen molar-refractivity contribution >= 4 is 17.6 Å². The summed E-state index contributed by atoms with van der Waals surface area (Å²) >= 11 is 6.06. The molecule has 0 bridgehead atoms. The van der Waals surface area contributed by atoms with E-state index < -0.39 is 12.1 Å². The first kappa shape index (κ1) is 25.0. The van der Waals surface area contributed by atoms with Crippen molar-refractivity contribution in [3.05, 3.63) is 118 Å². The van der Waals surface area contributed by atoms with Gasteiger partial charge in [-0.05, 0) is 95.6 Å². The maximum atomic E-state index is 11.1. The zero-order valence-electron chi connectivity index (χ0n) is 20.2. The van der Waals surface area contributed by atoms with Gasteiger partial charge in [-0.25, -0.2) is 4.79 Å². The first-order valence-corrected chi connectivity index (χ1v) is 12.7. The number of halogens is 1. The summed E-state index contributed by atoms with van der Waals surface area (Å²) in [6.45, 7) is 0.469. The molecule has 0 saturated heterocycles. The fourth-order valence-corrected chi connectivity index (χ4v) is 4.96. The highest BCUT2D eigenvalue weighted by Crippen LogP contribution is 2.31. The van der Waals surface area contributed by atoms with Gasteiger partial charge in [0.25, 0.3) is 0 Å². The van der Waals surface area contributed by atoms with Crippen LogP contribution in [0.2, 0.25) is 5.02 Å². The van der Waals surface area contributed by atoms with Crippen LogP contribution in [0.5, 0.6) is 11.5 Å². The van der Waals surface area contributed by atoms with Crippen LogP contribution in [0.1, 0.15) is 39.6 Å². The van der Waals surface area contributed by atoms with E-state index in [-0.39, 0.29) is 11.6 Å². The SMILES string of the molecule is O=C(O)c1ccc(-c2cccc(Oc3ccc4c(c3)C[C@@H](NC[C@H](O)c3cccc(Cl)c3)CC4)c2)cc1. The maximum absolute atomic E-state index is 11.1. The number of aromatic carboxylic acids is 1. The van der Waals surface area contributed by atoms with Crippen molar-refractivity contribution in [3.8, 4) is 22.6 Å². The average Bonchev–Trinajstić information content (AvgIpc) is 2.91. The second-order valence-corrected chi connectivity index (χ2v) is 9.80. The van der Waals surface area contributed by atoms with Crippen LogP contribution < -0.4 is 10.1 Å². The number of hydrogen-bond acceptors (Lipinski definition) is 4. The van der Waals surface area contributed by atoms with Crippen molar-refractivity contribution in [2.24, 2.45) is 0 Å². The molecule has 0 aromatic heterocycles. The smallest absolute Gasteiger partial charge is 0.335 e. The molecule has 0 unspecified atom stereocenters. The number of aliphatic hydroxyl groups is 1. The van der Waals surface area contributed by atoms with Gasteiger partial charge in [0.2, 0.25) is 0 Å². The fourth-order valence-electron chi connectivity index (χ4n) is 4.76. The summed E-state index contributed by atoms with van der Waals surface area (Å²) in [5, 5.41) is 23.8. The molecule has 6 heteroatoms. The molecule has 0 fully saturated rings. The van der Waals surface area contributed by atoms with E-state index in [2.05, 4.69) is 17.4 Å². The minimum atomic E-state index is -0.939. The summed E-state index contributed by atoms with van der Waals surface area (Å²) in [5.74, 6) is 0.553. The Morgan fingerprint density at radius 3 is 2.49 bits per heavy atom. The molecule has 0 radical (unpaired) electrons. The molecule has 0 spiro atoms. The molecule has 188 valence electrons. The third-order valence-corrected chi connectivity index (χ3v) is 7.01. The van der Waals surface area contributed by atoms with E-state index in [1.807, 2.05) is 42.5 Å². The number of carboxylic acid groups (broad SMARTS) is 1. The van der Waals surface area contributed by atoms with Crippen molar-refractivity contribution in [2.45, 2.75) is 31.4 Å². The lowest BCUT2D eigenvalue weighted by molar-refractivity contribution is 0.0697. The number of nitrogens with one attached hydrogen (secondary N) is 1. The lowest BCUT2D eigenvalue weighted by atomic mass is 9.88. The second kappa shape index (κ2) is 11.2. The molecule has 5 rings (SSSR count). The molecule has 3 N–H and O–H groups in total. The van der Waals surface area contributed by atoms with E-state index in [9.17, 15) is 9.90 Å². The summed E-state index contributed by atoms with van der Waals surface area (Å²) in [6, 6.07) is 28.4. The lowest BCUT2D eigenvalue weighted by Crippen LogP contribution is -2.37. The molecule has 1 aliphatic rings. The average molecular weight is 514 g/mol. The molecule has 4 aromatic rings. The van der Waals surface area contributed by atoms with Crippen molar-refractivity contribution in [2.75, 3.05) is 6.54 Å². The van der Waals surface area contributed by atoms with E-state index in [1.54, 1.807) is 36.4 Å². The van der Waals surface area contributed by atoms with Crippen LogP contribution in [0, 0.1) is 0 Å². The number of rotatable bonds is 8. The molecule has 2 atom stereocenters. The Kier molecular flexibility index (Phi) is 7.56. The van der Waals surface area contributed by atoms with Crippen LogP contribution in [0.25, 0.3) is 11.1 Å². The normalized spacial score (nSPS) is 15.6. The van der Waals surface area contributed by atoms with Gasteiger partial charge in [-0.1, -0.05) is 54.1 Å². The number of aliphatic hydroxyl groups excluding tert-OH is 1. The predicted molar refractivity (Wildman–Crippen MR) is 146 cm³/mol. The zero-order chi connectivity index (χ0) is 25.8. The monoisotopic (exact) mass is 513 g/mol. The topological polar surface area (TPSA) is 78.8 Å². The highest BCUT2D eigenvalue weighted by atomic mass is 35.5. The number of hydrogen-bond donors (Lipinski definition) is 3. The third kappa shape index (κ3) is 6.20. The van der Waals surface area contributed by atoms with Crippen LogP contribution >= 0.6 is 11.6 Å². The van der Waals surface area contributed by atoms with Crippen LogP contribution in [0.4, 0.5) is 0 Å². The molecule has 1 aliphatic carbocycles. The number of carbonyl (C=O) groups is 1. The summed E-state index contributed by atoms with van der Waals surface area (Å²) in [6.07, 6.45) is 2.24. The highest BCUT2D eigenvalue weighted by Gasteiger charge is 2.20. The van der Waals surface area contributed by atoms with Crippen molar-refractivity contribution in [1.29, 1.82) is 0 Å². The summed E-state index contributed by atoms with van der Waals surface area (Å²) in [5.41, 5.74) is 5.53. The Bertz CT molecular complexity index is 1400. The minimum absolute atomic E-state index is 0.261. The van der Waals surface area contributed by atoms with Gasteiger partial charge in [0.1, 0.15) is 11.5 Å². The third-order valence-electron chi connectivity index (χ3n) is 6.77. The minimum Gasteiger partial charge on any atom is -0.478 e. The molecular formula is C31H28ClNO4. The number of fused-ring (bicyclic) bond motifs is 1. The molecule has 0 aliphatic heterocycles. The van der Waals surface area contributed by atoms with E-state index in [0.29, 0.717) is 11.6 Å². The van der Waals surface area contributed by atoms with Gasteiger partial charge in [0.15, 0.2) is 0 Å². The second-order valence-electron chi connectivity index (χ2n) is 9.36. The largest absolute Gasteiger partial charge is 0.478 e. The fraction of sp³-hybridized carbons (Fsp3) is 0.194. The molecular weight excluding hydrogens is 486 g/mol. The van der Waals surface area contributed by atoms with E-state index in [1.165, 1.54) is 11.1 Å². The first-order chi connectivity index (χ1) is 17.9. The van der Waals surface area contributed by atoms with E-state index >= 15 is 0 Å². The van der Waals surface area contributed by atoms with Crippen molar-refractivity contribution in [1.82, 2.24) is 5.32 Å². The number of ether oxygens (including phenoxy) is 1. The molecule has 0 saturated carbocycles. The molecule has 0 heterocycles. The Hall–Kier alpha value is -3.64. The van der Waals surface area contributed by atoms with Crippen LogP contribution in [-0.4, -0.2) is 28.8 Å². The number of aryl methyl sites for hydroxylation is 1. The Morgan fingerprint density at radius 1 is 0.919 bits per heavy atom. The Labute approximate surface area is 221 Å². The van der Waals surface area contributed by atoms with Gasteiger partial charge in [-0.15, -0.1) is 0 Å². The van der Waals surface area contributed by atoms with Gasteiger partial charge in [0.05, 0.1) is 11.7 Å². The van der Waals surface area contributed by atoms with Gasteiger partial charge in [0, 0.05) is 17.6 Å². The van der Waals surface area contributed by atoms with Crippen molar-refractivity contribution < 1.29 is 19.7 Å². The van der Waals surface area contributed by atoms with Crippen LogP contribution in [0.3, 0.4) is 0 Å². The van der Waals surface area contributed by atoms with Gasteiger partial charge >= 0.3 is 5.97 Å². The summed E-state index contributed by atoms with van der Waals surface area (Å²) in [7, 11) is 0.